The molecule has 22 heavy (non-hydrogen) atoms. The van der Waals surface area contributed by atoms with Crippen molar-refractivity contribution >= 4 is 33.0 Å². The van der Waals surface area contributed by atoms with Gasteiger partial charge in [-0.05, 0) is 30.7 Å². The molecule has 0 radical (unpaired) electrons. The van der Waals surface area contributed by atoms with E-state index < -0.39 is 32.2 Å². The lowest BCUT2D eigenvalue weighted by Gasteiger charge is -2.20. The van der Waals surface area contributed by atoms with Gasteiger partial charge in [0.1, 0.15) is 6.07 Å². The number of alkyl halides is 1. The molecule has 118 valence electrons. The Hall–Kier alpha value is -1.71. The molecule has 0 saturated carbocycles. The summed E-state index contributed by atoms with van der Waals surface area (Å²) in [6.07, 6.45) is 1.49. The molecule has 0 aromatic heterocycles. The van der Waals surface area contributed by atoms with Crippen LogP contribution >= 0.6 is 11.6 Å². The summed E-state index contributed by atoms with van der Waals surface area (Å²) in [6, 6.07) is 6.56. The van der Waals surface area contributed by atoms with E-state index in [1.807, 2.05) is 0 Å². The molecule has 0 N–H and O–H groups in total. The number of nitrogens with zero attached hydrogens (tertiary/aromatic N) is 1. The van der Waals surface area contributed by atoms with Crippen LogP contribution in [0.4, 0.5) is 0 Å². The van der Waals surface area contributed by atoms with E-state index in [1.54, 1.807) is 19.9 Å². The Morgan fingerprint density at radius 2 is 1.82 bits per heavy atom. The second-order valence-electron chi connectivity index (χ2n) is 5.07. The fourth-order valence-electron chi connectivity index (χ4n) is 1.80. The molecular weight excluding hydrogens is 326 g/mol. The maximum Gasteiger partial charge on any atom is 0.250 e. The number of carbonyl (C=O) groups is 2. The third kappa shape index (κ3) is 3.54. The second kappa shape index (κ2) is 6.59. The number of ketones is 2. The van der Waals surface area contributed by atoms with Crippen molar-refractivity contribution < 1.29 is 18.0 Å². The second-order valence-corrected chi connectivity index (χ2v) is 7.65. The minimum atomic E-state index is -3.40. The standard InChI is InChI=1S/C15H16ClNO4S/c1-4-10(2)13(18)15(16,9-17)14(19)11-5-7-12(8-6-11)22(3,20)21/h5-8,10H,4H2,1-3H3. The Balaban J connectivity index is 3.23. The van der Waals surface area contributed by atoms with E-state index in [0.717, 1.165) is 6.26 Å². The molecule has 0 saturated heterocycles. The zero-order chi connectivity index (χ0) is 17.1. The Labute approximate surface area is 134 Å². The van der Waals surface area contributed by atoms with Crippen molar-refractivity contribution in [2.24, 2.45) is 5.92 Å². The van der Waals surface area contributed by atoms with Gasteiger partial charge in [-0.3, -0.25) is 9.59 Å². The van der Waals surface area contributed by atoms with Crippen LogP contribution in [0.25, 0.3) is 0 Å². The first-order valence-corrected chi connectivity index (χ1v) is 8.84. The summed E-state index contributed by atoms with van der Waals surface area (Å²) in [5, 5.41) is 9.20. The summed E-state index contributed by atoms with van der Waals surface area (Å²) < 4.78 is 22.8. The highest BCUT2D eigenvalue weighted by Crippen LogP contribution is 2.27. The average molecular weight is 342 g/mol. The molecule has 5 nitrogen and oxygen atoms in total. The van der Waals surface area contributed by atoms with Gasteiger partial charge in [0.05, 0.1) is 4.90 Å². The van der Waals surface area contributed by atoms with Crippen LogP contribution in [0.5, 0.6) is 0 Å². The topological polar surface area (TPSA) is 92.1 Å². The molecule has 0 spiro atoms. The fraction of sp³-hybridized carbons (Fsp3) is 0.400. The number of rotatable bonds is 6. The van der Waals surface area contributed by atoms with Crippen molar-refractivity contribution in [3.63, 3.8) is 0 Å². The van der Waals surface area contributed by atoms with E-state index in [2.05, 4.69) is 0 Å². The van der Waals surface area contributed by atoms with Gasteiger partial charge in [0.15, 0.2) is 15.6 Å². The van der Waals surface area contributed by atoms with E-state index in [1.165, 1.54) is 24.3 Å². The molecule has 7 heteroatoms. The number of sulfone groups is 1. The lowest BCUT2D eigenvalue weighted by atomic mass is 9.87. The molecule has 0 heterocycles. The number of carbonyl (C=O) groups excluding carboxylic acids is 2. The minimum absolute atomic E-state index is 0.0144. The lowest BCUT2D eigenvalue weighted by molar-refractivity contribution is -0.122. The normalized spacial score (nSPS) is 15.4. The molecule has 0 aliphatic heterocycles. The van der Waals surface area contributed by atoms with E-state index in [0.29, 0.717) is 6.42 Å². The van der Waals surface area contributed by atoms with Crippen LogP contribution in [-0.4, -0.2) is 31.1 Å². The van der Waals surface area contributed by atoms with Crippen LogP contribution < -0.4 is 0 Å². The Kier molecular flexibility index (Phi) is 5.49. The average Bonchev–Trinajstić information content (AvgIpc) is 2.51. The van der Waals surface area contributed by atoms with Crippen LogP contribution in [0.15, 0.2) is 29.2 Å². The predicted molar refractivity (Wildman–Crippen MR) is 82.5 cm³/mol. The van der Waals surface area contributed by atoms with Gasteiger partial charge in [-0.2, -0.15) is 5.26 Å². The van der Waals surface area contributed by atoms with Gasteiger partial charge in [0.25, 0.3) is 4.87 Å². The summed E-state index contributed by atoms with van der Waals surface area (Å²) in [5.74, 6) is -2.03. The quantitative estimate of drug-likeness (QED) is 0.450. The molecule has 0 amide bonds. The monoisotopic (exact) mass is 341 g/mol. The lowest BCUT2D eigenvalue weighted by Crippen LogP contribution is -2.43. The number of hydrogen-bond acceptors (Lipinski definition) is 5. The molecule has 1 aromatic carbocycles. The van der Waals surface area contributed by atoms with Crippen molar-refractivity contribution in [2.75, 3.05) is 6.26 Å². The van der Waals surface area contributed by atoms with Crippen molar-refractivity contribution in [2.45, 2.75) is 30.0 Å². The Morgan fingerprint density at radius 1 is 1.32 bits per heavy atom. The first-order valence-electron chi connectivity index (χ1n) is 6.57. The highest BCUT2D eigenvalue weighted by molar-refractivity contribution is 7.90. The number of nitriles is 1. The third-order valence-electron chi connectivity index (χ3n) is 3.41. The number of benzene rings is 1. The predicted octanol–water partition coefficient (Wildman–Crippen LogP) is 2.39. The molecule has 1 rings (SSSR count). The molecule has 1 aromatic rings. The van der Waals surface area contributed by atoms with Gasteiger partial charge < -0.3 is 0 Å². The third-order valence-corrected chi connectivity index (χ3v) is 4.98. The molecule has 0 fully saturated rings. The molecular formula is C15H16ClNO4S. The van der Waals surface area contributed by atoms with E-state index in [9.17, 15) is 23.3 Å². The SMILES string of the molecule is CCC(C)C(=O)C(Cl)(C#N)C(=O)c1ccc(S(C)(=O)=O)cc1. The van der Waals surface area contributed by atoms with Crippen LogP contribution in [0, 0.1) is 17.2 Å². The van der Waals surface area contributed by atoms with Gasteiger partial charge in [-0.1, -0.05) is 25.4 Å². The van der Waals surface area contributed by atoms with Gasteiger partial charge in [-0.25, -0.2) is 8.42 Å². The van der Waals surface area contributed by atoms with Crippen LogP contribution in [0.1, 0.15) is 30.6 Å². The Bertz CT molecular complexity index is 734. The summed E-state index contributed by atoms with van der Waals surface area (Å²) in [4.78, 5) is 22.3. The van der Waals surface area contributed by atoms with Gasteiger partial charge in [-0.15, -0.1) is 0 Å². The largest absolute Gasteiger partial charge is 0.296 e. The highest BCUT2D eigenvalue weighted by Gasteiger charge is 2.46. The van der Waals surface area contributed by atoms with Gasteiger partial charge >= 0.3 is 0 Å². The first kappa shape index (κ1) is 18.3. The number of hydrogen-bond donors (Lipinski definition) is 0. The molecule has 0 bridgehead atoms. The van der Waals surface area contributed by atoms with Crippen molar-refractivity contribution in [3.8, 4) is 6.07 Å². The summed E-state index contributed by atoms with van der Waals surface area (Å²) in [5.41, 5.74) is 0.0144. The first-order chi connectivity index (χ1) is 10.1. The van der Waals surface area contributed by atoms with Gasteiger partial charge in [0.2, 0.25) is 5.78 Å². The van der Waals surface area contributed by atoms with E-state index >= 15 is 0 Å². The smallest absolute Gasteiger partial charge is 0.250 e. The van der Waals surface area contributed by atoms with Crippen molar-refractivity contribution in [3.05, 3.63) is 29.8 Å². The zero-order valence-electron chi connectivity index (χ0n) is 12.5. The summed E-state index contributed by atoms with van der Waals surface area (Å²) in [6.45, 7) is 3.35. The summed E-state index contributed by atoms with van der Waals surface area (Å²) in [7, 11) is -3.40. The van der Waals surface area contributed by atoms with Crippen LogP contribution in [-0.2, 0) is 14.6 Å². The fourth-order valence-corrected chi connectivity index (χ4v) is 2.72. The maximum atomic E-state index is 12.4. The molecule has 2 atom stereocenters. The van der Waals surface area contributed by atoms with Crippen LogP contribution in [0.2, 0.25) is 0 Å². The number of halogens is 1. The zero-order valence-corrected chi connectivity index (χ0v) is 14.0. The highest BCUT2D eigenvalue weighted by atomic mass is 35.5. The van der Waals surface area contributed by atoms with E-state index in [-0.39, 0.29) is 10.5 Å². The minimum Gasteiger partial charge on any atom is -0.296 e. The molecule has 0 aliphatic carbocycles. The van der Waals surface area contributed by atoms with E-state index in [4.69, 9.17) is 11.6 Å². The van der Waals surface area contributed by atoms with Crippen molar-refractivity contribution in [1.29, 1.82) is 5.26 Å². The Morgan fingerprint density at radius 3 is 2.18 bits per heavy atom. The molecule has 2 unspecified atom stereocenters. The summed E-state index contributed by atoms with van der Waals surface area (Å²) >= 11 is 5.98. The number of Topliss-reactive ketones (excluding diaryl/α,β-unsaturated/α-hetero) is 2. The van der Waals surface area contributed by atoms with Crippen LogP contribution in [0.3, 0.4) is 0 Å². The van der Waals surface area contributed by atoms with Gasteiger partial charge in [0, 0.05) is 17.7 Å². The molecule has 0 aliphatic rings. The maximum absolute atomic E-state index is 12.4. The van der Waals surface area contributed by atoms with Crippen molar-refractivity contribution in [1.82, 2.24) is 0 Å².